The standard InChI is InChI=1S/C9H9BrN2.C2H7N/c1-2-12-9-5-8(10)4-3-7(9)6-11-12;1-3-2/h3-6H,2H2,1H3;3H,1-2H3. The highest BCUT2D eigenvalue weighted by Crippen LogP contribution is 2.18. The van der Waals surface area contributed by atoms with E-state index in [0.717, 1.165) is 11.0 Å². The molecule has 0 spiro atoms. The van der Waals surface area contributed by atoms with Gasteiger partial charge in [0.2, 0.25) is 0 Å². The van der Waals surface area contributed by atoms with Crippen LogP contribution in [-0.4, -0.2) is 23.9 Å². The third kappa shape index (κ3) is 3.04. The van der Waals surface area contributed by atoms with Gasteiger partial charge < -0.3 is 5.32 Å². The highest BCUT2D eigenvalue weighted by molar-refractivity contribution is 9.10. The molecule has 0 saturated carbocycles. The van der Waals surface area contributed by atoms with Crippen molar-refractivity contribution in [1.29, 1.82) is 0 Å². The highest BCUT2D eigenvalue weighted by atomic mass is 79.9. The average Bonchev–Trinajstić information content (AvgIpc) is 2.61. The minimum atomic E-state index is 0.917. The monoisotopic (exact) mass is 269 g/mol. The fraction of sp³-hybridized carbons (Fsp3) is 0.364. The van der Waals surface area contributed by atoms with Crippen LogP contribution in [0.4, 0.5) is 0 Å². The Balaban J connectivity index is 0.000000337. The lowest BCUT2D eigenvalue weighted by Gasteiger charge is -1.97. The predicted octanol–water partition coefficient (Wildman–Crippen LogP) is 2.65. The predicted molar refractivity (Wildman–Crippen MR) is 68.1 cm³/mol. The molecule has 0 bridgehead atoms. The van der Waals surface area contributed by atoms with Crippen LogP contribution in [0.1, 0.15) is 6.92 Å². The molecule has 4 heteroatoms. The summed E-state index contributed by atoms with van der Waals surface area (Å²) in [5, 5.41) is 8.20. The minimum absolute atomic E-state index is 0.917. The van der Waals surface area contributed by atoms with E-state index in [2.05, 4.69) is 45.4 Å². The summed E-state index contributed by atoms with van der Waals surface area (Å²) in [7, 11) is 3.75. The second-order valence-electron chi connectivity index (χ2n) is 3.16. The fourth-order valence-corrected chi connectivity index (χ4v) is 1.64. The van der Waals surface area contributed by atoms with Crippen molar-refractivity contribution in [2.45, 2.75) is 13.5 Å². The van der Waals surface area contributed by atoms with E-state index < -0.39 is 0 Å². The van der Waals surface area contributed by atoms with Crippen LogP contribution in [0, 0.1) is 0 Å². The summed E-state index contributed by atoms with van der Waals surface area (Å²) in [6.45, 7) is 3.01. The highest BCUT2D eigenvalue weighted by Gasteiger charge is 1.99. The first kappa shape index (κ1) is 12.2. The van der Waals surface area contributed by atoms with Crippen molar-refractivity contribution >= 4 is 26.8 Å². The molecule has 0 aliphatic heterocycles. The molecule has 0 fully saturated rings. The lowest BCUT2D eigenvalue weighted by atomic mass is 10.3. The van der Waals surface area contributed by atoms with E-state index in [1.165, 1.54) is 10.9 Å². The first-order valence-electron chi connectivity index (χ1n) is 4.92. The van der Waals surface area contributed by atoms with Crippen molar-refractivity contribution in [2.75, 3.05) is 14.1 Å². The van der Waals surface area contributed by atoms with Gasteiger partial charge in [0.15, 0.2) is 0 Å². The Bertz CT molecular complexity index is 423. The molecular weight excluding hydrogens is 254 g/mol. The molecule has 0 saturated heterocycles. The number of nitrogens with one attached hydrogen (secondary N) is 1. The van der Waals surface area contributed by atoms with Crippen LogP contribution in [0.2, 0.25) is 0 Å². The van der Waals surface area contributed by atoms with E-state index in [1.807, 2.05) is 31.0 Å². The van der Waals surface area contributed by atoms with Crippen molar-refractivity contribution in [3.63, 3.8) is 0 Å². The zero-order chi connectivity index (χ0) is 11.3. The largest absolute Gasteiger partial charge is 0.323 e. The van der Waals surface area contributed by atoms with Gasteiger partial charge in [0.1, 0.15) is 0 Å². The number of hydrogen-bond donors (Lipinski definition) is 1. The second kappa shape index (κ2) is 5.88. The lowest BCUT2D eigenvalue weighted by molar-refractivity contribution is 0.684. The van der Waals surface area contributed by atoms with E-state index in [-0.39, 0.29) is 0 Å². The molecule has 0 atom stereocenters. The number of aromatic nitrogens is 2. The number of nitrogens with zero attached hydrogens (tertiary/aromatic N) is 2. The Morgan fingerprint density at radius 2 is 2.07 bits per heavy atom. The van der Waals surface area contributed by atoms with Crippen LogP contribution < -0.4 is 5.32 Å². The molecule has 0 aliphatic rings. The zero-order valence-corrected chi connectivity index (χ0v) is 10.9. The third-order valence-electron chi connectivity index (χ3n) is 1.91. The Morgan fingerprint density at radius 3 is 2.67 bits per heavy atom. The number of aryl methyl sites for hydroxylation is 1. The van der Waals surface area contributed by atoms with Gasteiger partial charge in [0.25, 0.3) is 0 Å². The number of benzene rings is 1. The van der Waals surface area contributed by atoms with Gasteiger partial charge in [-0.2, -0.15) is 5.10 Å². The number of fused-ring (bicyclic) bond motifs is 1. The van der Waals surface area contributed by atoms with Crippen molar-refractivity contribution in [1.82, 2.24) is 15.1 Å². The lowest BCUT2D eigenvalue weighted by Crippen LogP contribution is -1.94. The van der Waals surface area contributed by atoms with Crippen LogP contribution in [0.5, 0.6) is 0 Å². The molecular formula is C11H16BrN3. The maximum absolute atomic E-state index is 4.25. The molecule has 2 aromatic rings. The minimum Gasteiger partial charge on any atom is -0.323 e. The number of halogens is 1. The number of rotatable bonds is 1. The quantitative estimate of drug-likeness (QED) is 0.863. The summed E-state index contributed by atoms with van der Waals surface area (Å²) in [6, 6.07) is 6.19. The fourth-order valence-electron chi connectivity index (χ4n) is 1.30. The van der Waals surface area contributed by atoms with E-state index in [1.54, 1.807) is 0 Å². The average molecular weight is 270 g/mol. The Morgan fingerprint density at radius 1 is 1.40 bits per heavy atom. The van der Waals surface area contributed by atoms with Crippen LogP contribution in [0.15, 0.2) is 28.9 Å². The van der Waals surface area contributed by atoms with Gasteiger partial charge in [-0.25, -0.2) is 0 Å². The molecule has 0 aliphatic carbocycles. The normalized spacial score (nSPS) is 9.87. The first-order valence-corrected chi connectivity index (χ1v) is 5.71. The van der Waals surface area contributed by atoms with E-state index in [9.17, 15) is 0 Å². The second-order valence-corrected chi connectivity index (χ2v) is 4.08. The molecule has 3 nitrogen and oxygen atoms in total. The Hall–Kier alpha value is -0.870. The molecule has 2 rings (SSSR count). The maximum Gasteiger partial charge on any atom is 0.0693 e. The van der Waals surface area contributed by atoms with Crippen molar-refractivity contribution in [3.8, 4) is 0 Å². The SMILES string of the molecule is CCn1ncc2ccc(Br)cc21.CNC. The molecule has 0 amide bonds. The Labute approximate surface area is 98.6 Å². The molecule has 1 aromatic carbocycles. The van der Waals surface area contributed by atoms with Gasteiger partial charge in [-0.05, 0) is 33.2 Å². The van der Waals surface area contributed by atoms with Crippen molar-refractivity contribution in [2.24, 2.45) is 0 Å². The van der Waals surface area contributed by atoms with Crippen LogP contribution in [0.25, 0.3) is 10.9 Å². The van der Waals surface area contributed by atoms with E-state index >= 15 is 0 Å². The van der Waals surface area contributed by atoms with Gasteiger partial charge in [-0.3, -0.25) is 4.68 Å². The molecule has 1 N–H and O–H groups in total. The van der Waals surface area contributed by atoms with Crippen LogP contribution in [0.3, 0.4) is 0 Å². The van der Waals surface area contributed by atoms with Gasteiger partial charge in [-0.15, -0.1) is 0 Å². The maximum atomic E-state index is 4.25. The molecule has 1 heterocycles. The molecule has 1 aromatic heterocycles. The topological polar surface area (TPSA) is 29.9 Å². The summed E-state index contributed by atoms with van der Waals surface area (Å²) in [6.07, 6.45) is 1.89. The summed E-state index contributed by atoms with van der Waals surface area (Å²) < 4.78 is 3.09. The van der Waals surface area contributed by atoms with E-state index in [4.69, 9.17) is 0 Å². The molecule has 0 unspecified atom stereocenters. The molecule has 82 valence electrons. The zero-order valence-electron chi connectivity index (χ0n) is 9.29. The van der Waals surface area contributed by atoms with E-state index in [0.29, 0.717) is 0 Å². The van der Waals surface area contributed by atoms with Crippen molar-refractivity contribution in [3.05, 3.63) is 28.9 Å². The Kier molecular flexibility index (Phi) is 4.78. The summed E-state index contributed by atoms with van der Waals surface area (Å²) in [5.74, 6) is 0. The summed E-state index contributed by atoms with van der Waals surface area (Å²) in [5.41, 5.74) is 1.19. The van der Waals surface area contributed by atoms with Crippen LogP contribution in [-0.2, 0) is 6.54 Å². The van der Waals surface area contributed by atoms with Gasteiger partial charge in [0, 0.05) is 16.4 Å². The van der Waals surface area contributed by atoms with Crippen molar-refractivity contribution < 1.29 is 0 Å². The third-order valence-corrected chi connectivity index (χ3v) is 2.40. The van der Waals surface area contributed by atoms with Gasteiger partial charge in [0.05, 0.1) is 11.7 Å². The van der Waals surface area contributed by atoms with Gasteiger partial charge >= 0.3 is 0 Å². The summed E-state index contributed by atoms with van der Waals surface area (Å²) in [4.78, 5) is 0. The van der Waals surface area contributed by atoms with Gasteiger partial charge in [-0.1, -0.05) is 22.0 Å². The first-order chi connectivity index (χ1) is 7.22. The number of hydrogen-bond acceptors (Lipinski definition) is 2. The molecule has 0 radical (unpaired) electrons. The molecule has 15 heavy (non-hydrogen) atoms. The smallest absolute Gasteiger partial charge is 0.0693 e. The van der Waals surface area contributed by atoms with Crippen LogP contribution >= 0.6 is 15.9 Å². The summed E-state index contributed by atoms with van der Waals surface area (Å²) >= 11 is 3.44.